The molecule has 7 heteroatoms. The molecule has 2 heterocycles. The molecule has 0 spiro atoms. The summed E-state index contributed by atoms with van der Waals surface area (Å²) in [5.74, 6) is 0.152. The average molecular weight is 380 g/mol. The summed E-state index contributed by atoms with van der Waals surface area (Å²) in [4.78, 5) is 21.2. The van der Waals surface area contributed by atoms with Crippen molar-refractivity contribution in [3.8, 4) is 0 Å². The molecule has 6 nitrogen and oxygen atoms in total. The van der Waals surface area contributed by atoms with Crippen LogP contribution in [-0.2, 0) is 0 Å². The highest BCUT2D eigenvalue weighted by Crippen LogP contribution is 2.19. The smallest absolute Gasteiger partial charge is 0.169 e. The Kier molecular flexibility index (Phi) is 6.12. The normalized spacial score (nSPS) is 12.4. The van der Waals surface area contributed by atoms with Crippen LogP contribution in [0.3, 0.4) is 0 Å². The Morgan fingerprint density at radius 2 is 1.85 bits per heavy atom. The van der Waals surface area contributed by atoms with Crippen LogP contribution >= 0.6 is 11.6 Å². The summed E-state index contributed by atoms with van der Waals surface area (Å²) in [6, 6.07) is 17.3. The number of nitrogens with one attached hydrogen (secondary N) is 1. The molecule has 3 rings (SSSR count). The monoisotopic (exact) mass is 379 g/mol. The van der Waals surface area contributed by atoms with Crippen molar-refractivity contribution in [3.63, 3.8) is 0 Å². The van der Waals surface area contributed by atoms with Gasteiger partial charge in [0.25, 0.3) is 0 Å². The van der Waals surface area contributed by atoms with Crippen LogP contribution in [0.15, 0.2) is 78.2 Å². The number of carbonyl (C=O) groups is 1. The van der Waals surface area contributed by atoms with Crippen LogP contribution in [-0.4, -0.2) is 21.6 Å². The minimum Gasteiger partial charge on any atom is -0.380 e. The van der Waals surface area contributed by atoms with Crippen molar-refractivity contribution in [1.29, 1.82) is 0 Å². The maximum Gasteiger partial charge on any atom is 0.169 e. The second kappa shape index (κ2) is 8.91. The van der Waals surface area contributed by atoms with Gasteiger partial charge in [-0.05, 0) is 36.4 Å². The summed E-state index contributed by atoms with van der Waals surface area (Å²) in [6.07, 6.45) is 3.45. The Balaban J connectivity index is 1.80. The Morgan fingerprint density at radius 1 is 1.07 bits per heavy atom. The largest absolute Gasteiger partial charge is 0.380 e. The van der Waals surface area contributed by atoms with Gasteiger partial charge >= 0.3 is 0 Å². The highest BCUT2D eigenvalue weighted by atomic mass is 35.5. The van der Waals surface area contributed by atoms with E-state index in [4.69, 9.17) is 17.3 Å². The van der Waals surface area contributed by atoms with Crippen LogP contribution in [0.5, 0.6) is 0 Å². The summed E-state index contributed by atoms with van der Waals surface area (Å²) < 4.78 is 0. The van der Waals surface area contributed by atoms with Crippen molar-refractivity contribution < 1.29 is 4.79 Å². The topological polar surface area (TPSA) is 93.3 Å². The molecule has 0 aliphatic carbocycles. The number of hydrogen-bond donors (Lipinski definition) is 2. The van der Waals surface area contributed by atoms with Crippen LogP contribution < -0.4 is 11.2 Å². The average Bonchev–Trinajstić information content (AvgIpc) is 2.72. The lowest BCUT2D eigenvalue weighted by molar-refractivity contribution is 0.0968. The Morgan fingerprint density at radius 3 is 2.52 bits per heavy atom. The number of aromatic nitrogens is 2. The molecule has 1 atom stereocenters. The quantitative estimate of drug-likeness (QED) is 0.284. The fourth-order valence-corrected chi connectivity index (χ4v) is 2.67. The van der Waals surface area contributed by atoms with Crippen LogP contribution in [0.1, 0.15) is 34.2 Å². The summed E-state index contributed by atoms with van der Waals surface area (Å²) >= 11 is 5.99. The number of rotatable bonds is 7. The first kappa shape index (κ1) is 18.5. The van der Waals surface area contributed by atoms with Crippen molar-refractivity contribution in [3.05, 3.63) is 95.0 Å². The number of hydrogen-bond acceptors (Lipinski definition) is 5. The molecular weight excluding hydrogens is 362 g/mol. The number of ketones is 1. The van der Waals surface area contributed by atoms with Crippen molar-refractivity contribution in [2.75, 3.05) is 0 Å². The SMILES string of the molecule is N/C(=N\NC(CC(=O)c1cccc(Cl)c1)c1ccccn1)c1ccccn1. The standard InChI is InChI=1S/C20H18ClN5O/c21-15-7-5-6-14(12-15)19(27)13-18(16-8-1-3-10-23-16)25-26-20(22)17-9-2-4-11-24-17/h1-12,18,25H,13H2,(H2,22,26). The van der Waals surface area contributed by atoms with Crippen molar-refractivity contribution in [2.24, 2.45) is 10.8 Å². The maximum atomic E-state index is 12.7. The first-order valence-electron chi connectivity index (χ1n) is 8.33. The molecule has 0 aliphatic heterocycles. The third-order valence-electron chi connectivity index (χ3n) is 3.85. The number of halogens is 1. The number of nitrogens with two attached hydrogens (primary N) is 1. The molecule has 0 amide bonds. The van der Waals surface area contributed by atoms with Crippen LogP contribution in [0.25, 0.3) is 0 Å². The zero-order valence-electron chi connectivity index (χ0n) is 14.4. The number of amidine groups is 1. The van der Waals surface area contributed by atoms with Gasteiger partial charge in [0, 0.05) is 29.4 Å². The van der Waals surface area contributed by atoms with Gasteiger partial charge in [-0.15, -0.1) is 0 Å². The van der Waals surface area contributed by atoms with Gasteiger partial charge in [0.2, 0.25) is 0 Å². The minimum atomic E-state index is -0.444. The number of nitrogens with zero attached hydrogens (tertiary/aromatic N) is 3. The fourth-order valence-electron chi connectivity index (χ4n) is 2.48. The second-order valence-corrected chi connectivity index (χ2v) is 6.22. The second-order valence-electron chi connectivity index (χ2n) is 5.79. The molecule has 0 saturated heterocycles. The number of pyridine rings is 2. The highest BCUT2D eigenvalue weighted by Gasteiger charge is 2.18. The first-order valence-corrected chi connectivity index (χ1v) is 8.71. The molecule has 0 radical (unpaired) electrons. The molecule has 0 aliphatic rings. The van der Waals surface area contributed by atoms with Gasteiger partial charge in [-0.2, -0.15) is 5.10 Å². The zero-order chi connectivity index (χ0) is 19.1. The summed E-state index contributed by atoms with van der Waals surface area (Å²) in [6.45, 7) is 0. The van der Waals surface area contributed by atoms with E-state index in [2.05, 4.69) is 20.5 Å². The minimum absolute atomic E-state index is 0.0766. The summed E-state index contributed by atoms with van der Waals surface area (Å²) in [7, 11) is 0. The lowest BCUT2D eigenvalue weighted by Gasteiger charge is -2.16. The van der Waals surface area contributed by atoms with Gasteiger partial charge in [0.15, 0.2) is 11.6 Å². The van der Waals surface area contributed by atoms with E-state index in [1.807, 2.05) is 24.3 Å². The molecule has 1 unspecified atom stereocenters. The van der Waals surface area contributed by atoms with E-state index >= 15 is 0 Å². The van der Waals surface area contributed by atoms with Gasteiger partial charge in [0.05, 0.1) is 11.7 Å². The van der Waals surface area contributed by atoms with Gasteiger partial charge in [0.1, 0.15) is 5.69 Å². The lowest BCUT2D eigenvalue weighted by atomic mass is 10.0. The molecule has 3 N–H and O–H groups in total. The molecular formula is C20H18ClN5O. The summed E-state index contributed by atoms with van der Waals surface area (Å²) in [5, 5.41) is 4.71. The molecule has 3 aromatic rings. The van der Waals surface area contributed by atoms with E-state index in [1.165, 1.54) is 0 Å². The molecule has 1 aromatic carbocycles. The molecule has 0 saturated carbocycles. The van der Waals surface area contributed by atoms with Gasteiger partial charge < -0.3 is 5.73 Å². The van der Waals surface area contributed by atoms with E-state index in [0.29, 0.717) is 22.0 Å². The molecule has 0 bridgehead atoms. The third-order valence-corrected chi connectivity index (χ3v) is 4.08. The Bertz CT molecular complexity index is 931. The van der Waals surface area contributed by atoms with Crippen molar-refractivity contribution >= 4 is 23.2 Å². The molecule has 2 aromatic heterocycles. The predicted octanol–water partition coefficient (Wildman–Crippen LogP) is 3.35. The highest BCUT2D eigenvalue weighted by molar-refractivity contribution is 6.31. The van der Waals surface area contributed by atoms with E-state index in [-0.39, 0.29) is 18.0 Å². The molecule has 0 fully saturated rings. The zero-order valence-corrected chi connectivity index (χ0v) is 15.2. The number of hydrazone groups is 1. The van der Waals surface area contributed by atoms with Gasteiger partial charge in [-0.25, -0.2) is 0 Å². The van der Waals surface area contributed by atoms with Crippen molar-refractivity contribution in [2.45, 2.75) is 12.5 Å². The number of Topliss-reactive ketones (excluding diaryl/α,β-unsaturated/α-hetero) is 1. The van der Waals surface area contributed by atoms with Gasteiger partial charge in [-0.3, -0.25) is 20.2 Å². The maximum absolute atomic E-state index is 12.7. The lowest BCUT2D eigenvalue weighted by Crippen LogP contribution is -2.25. The number of carbonyl (C=O) groups excluding carboxylic acids is 1. The molecule has 136 valence electrons. The van der Waals surface area contributed by atoms with Gasteiger partial charge in [-0.1, -0.05) is 35.9 Å². The van der Waals surface area contributed by atoms with Crippen LogP contribution in [0.2, 0.25) is 5.02 Å². The van der Waals surface area contributed by atoms with E-state index < -0.39 is 6.04 Å². The number of benzene rings is 1. The Labute approximate surface area is 162 Å². The Hall–Kier alpha value is -3.25. The van der Waals surface area contributed by atoms with E-state index in [0.717, 1.165) is 0 Å². The fraction of sp³-hybridized carbons (Fsp3) is 0.100. The van der Waals surface area contributed by atoms with E-state index in [1.54, 1.807) is 48.8 Å². The van der Waals surface area contributed by atoms with E-state index in [9.17, 15) is 4.79 Å². The van der Waals surface area contributed by atoms with Crippen LogP contribution in [0, 0.1) is 0 Å². The predicted molar refractivity (Wildman–Crippen MR) is 105 cm³/mol. The van der Waals surface area contributed by atoms with Crippen molar-refractivity contribution in [1.82, 2.24) is 15.4 Å². The van der Waals surface area contributed by atoms with Crippen LogP contribution in [0.4, 0.5) is 0 Å². The summed E-state index contributed by atoms with van der Waals surface area (Å²) in [5.41, 5.74) is 10.7. The third kappa shape index (κ3) is 5.12. The molecule has 27 heavy (non-hydrogen) atoms. The first-order chi connectivity index (χ1) is 13.1.